The molecule has 0 aromatic heterocycles. The number of anilines is 1. The van der Waals surface area contributed by atoms with E-state index in [0.717, 1.165) is 21.8 Å². The number of nitrogen functional groups attached to an aromatic ring is 1. The van der Waals surface area contributed by atoms with Crippen LogP contribution in [-0.2, 0) is 11.2 Å². The highest BCUT2D eigenvalue weighted by Gasteiger charge is 2.44. The normalized spacial score (nSPS) is 24.3. The van der Waals surface area contributed by atoms with Crippen molar-refractivity contribution in [3.63, 3.8) is 0 Å². The lowest BCUT2D eigenvalue weighted by Crippen LogP contribution is -2.54. The van der Waals surface area contributed by atoms with E-state index in [-0.39, 0.29) is 0 Å². The van der Waals surface area contributed by atoms with E-state index in [0.29, 0.717) is 35.1 Å². The number of nitrogens with two attached hydrogens (primary N) is 1. The molecule has 5 unspecified atom stereocenters. The van der Waals surface area contributed by atoms with Crippen LogP contribution in [-0.4, -0.2) is 52.1 Å². The van der Waals surface area contributed by atoms with Gasteiger partial charge in [-0.15, -0.1) is 11.8 Å². The van der Waals surface area contributed by atoms with Gasteiger partial charge in [-0.1, -0.05) is 41.9 Å². The molecule has 1 fully saturated rings. The third kappa shape index (κ3) is 6.30. The van der Waals surface area contributed by atoms with Crippen LogP contribution in [0.15, 0.2) is 71.6 Å². The van der Waals surface area contributed by atoms with Crippen LogP contribution in [0.2, 0.25) is 5.02 Å². The van der Waals surface area contributed by atoms with Gasteiger partial charge in [-0.05, 0) is 66.4 Å². The maximum absolute atomic E-state index is 10.7. The van der Waals surface area contributed by atoms with Crippen molar-refractivity contribution in [1.82, 2.24) is 0 Å². The van der Waals surface area contributed by atoms with Crippen molar-refractivity contribution in [2.75, 3.05) is 18.1 Å². The topological polar surface area (TPSA) is 105 Å². The van der Waals surface area contributed by atoms with E-state index in [1.165, 1.54) is 11.8 Å². The first-order chi connectivity index (χ1) is 16.9. The zero-order valence-corrected chi connectivity index (χ0v) is 21.0. The van der Waals surface area contributed by atoms with E-state index >= 15 is 0 Å². The van der Waals surface area contributed by atoms with Gasteiger partial charge < -0.3 is 30.5 Å². The highest BCUT2D eigenvalue weighted by Crippen LogP contribution is 2.36. The largest absolute Gasteiger partial charge is 0.494 e. The van der Waals surface area contributed by atoms with Crippen molar-refractivity contribution in [2.24, 2.45) is 0 Å². The van der Waals surface area contributed by atoms with Gasteiger partial charge in [-0.3, -0.25) is 0 Å². The third-order valence-corrected chi connectivity index (χ3v) is 7.46. The van der Waals surface area contributed by atoms with Crippen LogP contribution < -0.4 is 10.5 Å². The molecular weight excluding hydrogens is 486 g/mol. The summed E-state index contributed by atoms with van der Waals surface area (Å²) in [6, 6.07) is 20.7. The molecule has 35 heavy (non-hydrogen) atoms. The number of rotatable bonds is 8. The first kappa shape index (κ1) is 25.8. The van der Waals surface area contributed by atoms with E-state index in [2.05, 4.69) is 0 Å². The molecule has 5 atom stereocenters. The van der Waals surface area contributed by atoms with Crippen LogP contribution in [0.5, 0.6) is 5.75 Å². The predicted molar refractivity (Wildman–Crippen MR) is 139 cm³/mol. The number of hydrogen-bond acceptors (Lipinski definition) is 7. The molecule has 0 aliphatic carbocycles. The molecule has 0 bridgehead atoms. The van der Waals surface area contributed by atoms with Gasteiger partial charge in [-0.2, -0.15) is 0 Å². The molecule has 8 heteroatoms. The molecule has 3 aromatic rings. The zero-order valence-electron chi connectivity index (χ0n) is 19.4. The van der Waals surface area contributed by atoms with E-state index in [4.69, 9.17) is 26.8 Å². The lowest BCUT2D eigenvalue weighted by atomic mass is 9.90. The minimum Gasteiger partial charge on any atom is -0.494 e. The Bertz CT molecular complexity index is 1130. The minimum atomic E-state index is -1.34. The summed E-state index contributed by atoms with van der Waals surface area (Å²) in [6.07, 6.45) is -4.75. The number of thioether (sulfide) groups is 1. The van der Waals surface area contributed by atoms with Crippen molar-refractivity contribution in [1.29, 1.82) is 0 Å². The van der Waals surface area contributed by atoms with Gasteiger partial charge in [0, 0.05) is 21.4 Å². The second-order valence-corrected chi connectivity index (χ2v) is 10.1. The van der Waals surface area contributed by atoms with Crippen LogP contribution >= 0.6 is 23.4 Å². The fourth-order valence-electron chi connectivity index (χ4n) is 4.14. The average molecular weight is 516 g/mol. The molecule has 1 saturated heterocycles. The van der Waals surface area contributed by atoms with Crippen LogP contribution in [0.3, 0.4) is 0 Å². The molecule has 0 radical (unpaired) electrons. The Morgan fingerprint density at radius 1 is 0.971 bits per heavy atom. The lowest BCUT2D eigenvalue weighted by Gasteiger charge is -2.41. The predicted octanol–water partition coefficient (Wildman–Crippen LogP) is 4.23. The average Bonchev–Trinajstić information content (AvgIpc) is 2.85. The third-order valence-electron chi connectivity index (χ3n) is 6.01. The molecular formula is C27H30ClNO5S. The lowest BCUT2D eigenvalue weighted by molar-refractivity contribution is -0.218. The van der Waals surface area contributed by atoms with Gasteiger partial charge in [0.25, 0.3) is 0 Å². The number of benzene rings is 3. The number of hydrogen-bond donors (Lipinski definition) is 4. The van der Waals surface area contributed by atoms with Gasteiger partial charge in [-0.25, -0.2) is 0 Å². The van der Waals surface area contributed by atoms with Crippen molar-refractivity contribution in [2.45, 2.75) is 48.8 Å². The molecule has 186 valence electrons. The summed E-state index contributed by atoms with van der Waals surface area (Å²) in [5.74, 6) is 1.20. The highest BCUT2D eigenvalue weighted by molar-refractivity contribution is 7.99. The molecule has 1 heterocycles. The summed E-state index contributed by atoms with van der Waals surface area (Å²) >= 11 is 7.95. The second kappa shape index (κ2) is 11.6. The van der Waals surface area contributed by atoms with E-state index < -0.39 is 30.5 Å². The molecule has 4 rings (SSSR count). The fraction of sp³-hybridized carbons (Fsp3) is 0.333. The smallest absolute Gasteiger partial charge is 0.119 e. The molecule has 0 saturated carbocycles. The molecule has 0 amide bonds. The molecule has 5 N–H and O–H groups in total. The molecule has 0 spiro atoms. The fourth-order valence-corrected chi connectivity index (χ4v) is 5.35. The van der Waals surface area contributed by atoms with Crippen molar-refractivity contribution >= 4 is 29.1 Å². The Labute approximate surface area is 214 Å². The summed E-state index contributed by atoms with van der Waals surface area (Å²) in [7, 11) is 0. The number of aliphatic hydroxyl groups excluding tert-OH is 3. The number of aliphatic hydroxyl groups is 3. The van der Waals surface area contributed by atoms with Gasteiger partial charge in [0.2, 0.25) is 0 Å². The first-order valence-electron chi connectivity index (χ1n) is 11.5. The Morgan fingerprint density at radius 2 is 1.74 bits per heavy atom. The van der Waals surface area contributed by atoms with Crippen molar-refractivity contribution in [3.05, 3.63) is 88.4 Å². The van der Waals surface area contributed by atoms with Gasteiger partial charge in [0.1, 0.15) is 30.2 Å². The summed E-state index contributed by atoms with van der Waals surface area (Å²) < 4.78 is 11.6. The van der Waals surface area contributed by atoms with Crippen LogP contribution in [0, 0.1) is 0 Å². The molecule has 1 aliphatic rings. The minimum absolute atomic E-state index is 0.386. The zero-order chi connectivity index (χ0) is 24.9. The Kier molecular flexibility index (Phi) is 8.59. The molecule has 3 aromatic carbocycles. The summed E-state index contributed by atoms with van der Waals surface area (Å²) in [4.78, 5) is 0.932. The monoisotopic (exact) mass is 515 g/mol. The highest BCUT2D eigenvalue weighted by atomic mass is 35.5. The Morgan fingerprint density at radius 3 is 2.46 bits per heavy atom. The standard InChI is InChI=1S/C27H30ClNO5S/c1-2-33-20-9-6-16(7-10-20)12-18-13-17(8-11-22(18)28)27-26(32)25(31)24(30)23(34-27)15-35-21-5-3-4-19(29)14-21/h3-11,13-14,23-27,30-32H,2,12,15,29H2,1H3. The summed E-state index contributed by atoms with van der Waals surface area (Å²) in [6.45, 7) is 2.55. The maximum Gasteiger partial charge on any atom is 0.119 e. The van der Waals surface area contributed by atoms with Crippen LogP contribution in [0.25, 0.3) is 0 Å². The van der Waals surface area contributed by atoms with Gasteiger partial charge in [0.05, 0.1) is 12.7 Å². The maximum atomic E-state index is 10.7. The van der Waals surface area contributed by atoms with E-state index in [9.17, 15) is 15.3 Å². The van der Waals surface area contributed by atoms with Gasteiger partial charge >= 0.3 is 0 Å². The summed E-state index contributed by atoms with van der Waals surface area (Å²) in [5, 5.41) is 32.5. The Hall–Kier alpha value is -2.26. The molecule has 6 nitrogen and oxygen atoms in total. The first-order valence-corrected chi connectivity index (χ1v) is 12.9. The quantitative estimate of drug-likeness (QED) is 0.263. The number of ether oxygens (including phenoxy) is 2. The van der Waals surface area contributed by atoms with Crippen molar-refractivity contribution < 1.29 is 24.8 Å². The van der Waals surface area contributed by atoms with Crippen LogP contribution in [0.1, 0.15) is 29.7 Å². The Balaban J connectivity index is 1.51. The van der Waals surface area contributed by atoms with Gasteiger partial charge in [0.15, 0.2) is 0 Å². The molecule has 1 aliphatic heterocycles. The van der Waals surface area contributed by atoms with Crippen molar-refractivity contribution in [3.8, 4) is 5.75 Å². The SMILES string of the molecule is CCOc1ccc(Cc2cc(C3OC(CSc4cccc(N)c4)C(O)C(O)C3O)ccc2Cl)cc1. The van der Waals surface area contributed by atoms with Crippen LogP contribution in [0.4, 0.5) is 5.69 Å². The van der Waals surface area contributed by atoms with E-state index in [1.54, 1.807) is 18.2 Å². The van der Waals surface area contributed by atoms with E-state index in [1.807, 2.05) is 55.5 Å². The number of halogens is 1. The second-order valence-electron chi connectivity index (χ2n) is 8.55. The summed E-state index contributed by atoms with van der Waals surface area (Å²) in [5.41, 5.74) is 9.12.